The molecular formula is C12H11NO4. The van der Waals surface area contributed by atoms with Crippen LogP contribution in [0.5, 0.6) is 5.75 Å². The Balaban J connectivity index is 2.86. The number of nitrogens with one attached hydrogen (secondary N) is 1. The van der Waals surface area contributed by atoms with E-state index in [-0.39, 0.29) is 11.1 Å². The van der Waals surface area contributed by atoms with Crippen molar-refractivity contribution in [1.82, 2.24) is 4.98 Å². The number of carboxylic acids is 1. The number of ether oxygens (including phenoxy) is 1. The number of fused-ring (bicyclic) bond motifs is 1. The van der Waals surface area contributed by atoms with Gasteiger partial charge >= 0.3 is 5.97 Å². The molecule has 0 aliphatic heterocycles. The fraction of sp³-hybridized carbons (Fsp3) is 0.167. The van der Waals surface area contributed by atoms with E-state index in [1.165, 1.54) is 7.11 Å². The van der Waals surface area contributed by atoms with E-state index < -0.39 is 5.97 Å². The summed E-state index contributed by atoms with van der Waals surface area (Å²) in [5.41, 5.74) is 0.837. The highest BCUT2D eigenvalue weighted by Crippen LogP contribution is 2.21. The molecule has 0 bridgehead atoms. The average Bonchev–Trinajstić information content (AvgIpc) is 2.29. The lowest BCUT2D eigenvalue weighted by molar-refractivity contribution is 0.0691. The lowest BCUT2D eigenvalue weighted by atomic mass is 10.1. The van der Waals surface area contributed by atoms with Crippen molar-refractivity contribution in [2.24, 2.45) is 0 Å². The maximum atomic E-state index is 11.8. The van der Waals surface area contributed by atoms with Gasteiger partial charge in [-0.25, -0.2) is 4.79 Å². The van der Waals surface area contributed by atoms with Crippen molar-refractivity contribution in [3.05, 3.63) is 39.7 Å². The van der Waals surface area contributed by atoms with E-state index in [2.05, 4.69) is 4.98 Å². The maximum absolute atomic E-state index is 11.8. The van der Waals surface area contributed by atoms with Crippen LogP contribution in [0.3, 0.4) is 0 Å². The summed E-state index contributed by atoms with van der Waals surface area (Å²) in [6, 6.07) is 4.40. The molecule has 0 radical (unpaired) electrons. The van der Waals surface area contributed by atoms with Crippen LogP contribution in [0.15, 0.2) is 23.0 Å². The largest absolute Gasteiger partial charge is 0.497 e. The quantitative estimate of drug-likeness (QED) is 0.824. The minimum absolute atomic E-state index is 0.115. The van der Waals surface area contributed by atoms with Crippen molar-refractivity contribution in [1.29, 1.82) is 0 Å². The molecule has 2 aromatic rings. The number of aryl methyl sites for hydroxylation is 1. The van der Waals surface area contributed by atoms with Gasteiger partial charge in [-0.3, -0.25) is 4.79 Å². The standard InChI is InChI=1S/C12H11NO4/c1-6-3-7(17-2)4-8-10(14)5-9(12(15)16)13-11(6)8/h3-5H,1-2H3,(H,13,14)(H,15,16). The van der Waals surface area contributed by atoms with Gasteiger partial charge in [0.2, 0.25) is 0 Å². The highest BCUT2D eigenvalue weighted by molar-refractivity contribution is 5.91. The second-order valence-electron chi connectivity index (χ2n) is 3.72. The topological polar surface area (TPSA) is 79.4 Å². The number of carbonyl (C=O) groups is 1. The van der Waals surface area contributed by atoms with Crippen molar-refractivity contribution >= 4 is 16.9 Å². The van der Waals surface area contributed by atoms with Crippen LogP contribution in [0.25, 0.3) is 10.9 Å². The predicted molar refractivity (Wildman–Crippen MR) is 62.8 cm³/mol. The average molecular weight is 233 g/mol. The molecule has 88 valence electrons. The summed E-state index contributed by atoms with van der Waals surface area (Å²) in [5.74, 6) is -0.581. The summed E-state index contributed by atoms with van der Waals surface area (Å²) in [6.45, 7) is 1.78. The summed E-state index contributed by atoms with van der Waals surface area (Å²) in [7, 11) is 1.51. The molecule has 0 aliphatic rings. The number of hydrogen-bond acceptors (Lipinski definition) is 3. The third kappa shape index (κ3) is 1.87. The van der Waals surface area contributed by atoms with E-state index in [9.17, 15) is 9.59 Å². The number of pyridine rings is 1. The monoisotopic (exact) mass is 233 g/mol. The number of H-pyrrole nitrogens is 1. The molecule has 0 amide bonds. The minimum Gasteiger partial charge on any atom is -0.497 e. The Hall–Kier alpha value is -2.30. The zero-order valence-electron chi connectivity index (χ0n) is 9.40. The Morgan fingerprint density at radius 1 is 1.35 bits per heavy atom. The fourth-order valence-corrected chi connectivity index (χ4v) is 1.73. The summed E-state index contributed by atoms with van der Waals surface area (Å²) < 4.78 is 5.07. The molecule has 2 rings (SSSR count). The van der Waals surface area contributed by atoms with Crippen LogP contribution in [0.2, 0.25) is 0 Å². The van der Waals surface area contributed by atoms with Crippen LogP contribution >= 0.6 is 0 Å². The zero-order valence-corrected chi connectivity index (χ0v) is 9.40. The molecule has 0 spiro atoms. The van der Waals surface area contributed by atoms with Gasteiger partial charge in [0.05, 0.1) is 12.6 Å². The Labute approximate surface area is 96.7 Å². The van der Waals surface area contributed by atoms with Crippen LogP contribution in [-0.2, 0) is 0 Å². The van der Waals surface area contributed by atoms with E-state index in [1.54, 1.807) is 19.1 Å². The molecular weight excluding hydrogens is 222 g/mol. The van der Waals surface area contributed by atoms with E-state index in [0.29, 0.717) is 16.7 Å². The molecule has 1 aromatic heterocycles. The normalized spacial score (nSPS) is 10.5. The third-order valence-electron chi connectivity index (χ3n) is 2.58. The number of carboxylic acid groups (broad SMARTS) is 1. The van der Waals surface area contributed by atoms with Gasteiger partial charge in [-0.15, -0.1) is 0 Å². The number of aromatic carboxylic acids is 1. The van der Waals surface area contributed by atoms with Gasteiger partial charge in [-0.05, 0) is 24.6 Å². The molecule has 5 heteroatoms. The molecule has 5 nitrogen and oxygen atoms in total. The van der Waals surface area contributed by atoms with Gasteiger partial charge in [0.1, 0.15) is 11.4 Å². The number of rotatable bonds is 2. The first-order valence-electron chi connectivity index (χ1n) is 4.98. The number of aromatic amines is 1. The van der Waals surface area contributed by atoms with E-state index in [1.807, 2.05) is 0 Å². The summed E-state index contributed by atoms with van der Waals surface area (Å²) >= 11 is 0. The molecule has 0 fully saturated rings. The van der Waals surface area contributed by atoms with Gasteiger partial charge in [0.15, 0.2) is 5.43 Å². The molecule has 0 saturated heterocycles. The predicted octanol–water partition coefficient (Wildman–Crippen LogP) is 1.54. The molecule has 1 aromatic carbocycles. The second kappa shape index (κ2) is 3.93. The molecule has 2 N–H and O–H groups in total. The van der Waals surface area contributed by atoms with Crippen LogP contribution in [0, 0.1) is 6.92 Å². The third-order valence-corrected chi connectivity index (χ3v) is 2.58. The first kappa shape index (κ1) is 11.2. The minimum atomic E-state index is -1.15. The van der Waals surface area contributed by atoms with Gasteiger partial charge in [0.25, 0.3) is 0 Å². The van der Waals surface area contributed by atoms with Gasteiger partial charge in [-0.1, -0.05) is 0 Å². The highest BCUT2D eigenvalue weighted by atomic mass is 16.5. The molecule has 17 heavy (non-hydrogen) atoms. The van der Waals surface area contributed by atoms with Crippen molar-refractivity contribution in [2.75, 3.05) is 7.11 Å². The first-order valence-corrected chi connectivity index (χ1v) is 4.98. The SMILES string of the molecule is COc1cc(C)c2[nH]c(C(=O)O)cc(=O)c2c1. The van der Waals surface area contributed by atoms with Crippen molar-refractivity contribution in [3.63, 3.8) is 0 Å². The van der Waals surface area contributed by atoms with Crippen LogP contribution in [0.1, 0.15) is 16.1 Å². The lowest BCUT2D eigenvalue weighted by Crippen LogP contribution is -2.10. The molecule has 0 aliphatic carbocycles. The number of benzene rings is 1. The van der Waals surface area contributed by atoms with Crippen molar-refractivity contribution < 1.29 is 14.6 Å². The summed E-state index contributed by atoms with van der Waals surface area (Å²) in [4.78, 5) is 25.4. The zero-order chi connectivity index (χ0) is 12.6. The number of aromatic nitrogens is 1. The molecule has 0 unspecified atom stereocenters. The second-order valence-corrected chi connectivity index (χ2v) is 3.72. The van der Waals surface area contributed by atoms with Crippen molar-refractivity contribution in [3.8, 4) is 5.75 Å². The van der Waals surface area contributed by atoms with E-state index in [4.69, 9.17) is 9.84 Å². The Morgan fingerprint density at radius 3 is 2.65 bits per heavy atom. The molecule has 0 atom stereocenters. The number of hydrogen-bond donors (Lipinski definition) is 2. The van der Waals surface area contributed by atoms with Gasteiger partial charge < -0.3 is 14.8 Å². The van der Waals surface area contributed by atoms with Gasteiger partial charge in [-0.2, -0.15) is 0 Å². The maximum Gasteiger partial charge on any atom is 0.352 e. The highest BCUT2D eigenvalue weighted by Gasteiger charge is 2.10. The Kier molecular flexibility index (Phi) is 2.59. The smallest absolute Gasteiger partial charge is 0.352 e. The van der Waals surface area contributed by atoms with Crippen molar-refractivity contribution in [2.45, 2.75) is 6.92 Å². The lowest BCUT2D eigenvalue weighted by Gasteiger charge is -2.06. The first-order chi connectivity index (χ1) is 8.02. The summed E-state index contributed by atoms with van der Waals surface area (Å²) in [5, 5.41) is 9.29. The number of methoxy groups -OCH3 is 1. The van der Waals surface area contributed by atoms with E-state index in [0.717, 1.165) is 11.6 Å². The fourth-order valence-electron chi connectivity index (χ4n) is 1.73. The van der Waals surface area contributed by atoms with Crippen LogP contribution < -0.4 is 10.2 Å². The summed E-state index contributed by atoms with van der Waals surface area (Å²) in [6.07, 6.45) is 0. The molecule has 0 saturated carbocycles. The Bertz CT molecular complexity index is 657. The Morgan fingerprint density at radius 2 is 2.06 bits per heavy atom. The van der Waals surface area contributed by atoms with Crippen LogP contribution in [-0.4, -0.2) is 23.2 Å². The van der Waals surface area contributed by atoms with Gasteiger partial charge in [0, 0.05) is 11.5 Å². The van der Waals surface area contributed by atoms with E-state index >= 15 is 0 Å². The molecule has 1 heterocycles. The van der Waals surface area contributed by atoms with Crippen LogP contribution in [0.4, 0.5) is 0 Å².